The van der Waals surface area contributed by atoms with Crippen LogP contribution in [0.1, 0.15) is 60.7 Å². The fourth-order valence-electron chi connectivity index (χ4n) is 3.73. The van der Waals surface area contributed by atoms with Gasteiger partial charge in [-0.15, -0.1) is 0 Å². The van der Waals surface area contributed by atoms with Gasteiger partial charge >= 0.3 is 17.9 Å². The van der Waals surface area contributed by atoms with E-state index < -0.39 is 35.1 Å². The molecule has 1 aliphatic rings. The molecule has 0 bridgehead atoms. The van der Waals surface area contributed by atoms with Crippen LogP contribution in [0.25, 0.3) is 0 Å². The molecule has 0 N–H and O–H groups in total. The van der Waals surface area contributed by atoms with Gasteiger partial charge in [0.05, 0.1) is 23.2 Å². The third-order valence-corrected chi connectivity index (χ3v) is 5.35. The van der Waals surface area contributed by atoms with Gasteiger partial charge in [-0.05, 0) is 36.7 Å². The molecule has 30 heavy (non-hydrogen) atoms. The smallest absolute Gasteiger partial charge is 0.344 e. The Labute approximate surface area is 174 Å². The van der Waals surface area contributed by atoms with E-state index in [1.165, 1.54) is 0 Å². The number of nitro benzene ring substituents is 1. The predicted octanol–water partition coefficient (Wildman–Crippen LogP) is 3.54. The molecular formula is C21H27NO8. The average Bonchev–Trinajstić information content (AvgIpc) is 2.70. The van der Waals surface area contributed by atoms with Gasteiger partial charge in [0, 0.05) is 12.1 Å². The van der Waals surface area contributed by atoms with Gasteiger partial charge < -0.3 is 14.2 Å². The van der Waals surface area contributed by atoms with Crippen LogP contribution < -0.4 is 0 Å². The second kappa shape index (κ2) is 10.2. The summed E-state index contributed by atoms with van der Waals surface area (Å²) in [6.07, 6.45) is 2.58. The third-order valence-electron chi connectivity index (χ3n) is 5.35. The number of rotatable bonds is 7. The Hall–Kier alpha value is -2.97. The molecule has 0 amide bonds. The number of non-ortho nitro benzene ring substituents is 1. The van der Waals surface area contributed by atoms with Crippen molar-refractivity contribution in [3.8, 4) is 0 Å². The van der Waals surface area contributed by atoms with Crippen molar-refractivity contribution in [2.45, 2.75) is 46.1 Å². The molecule has 0 unspecified atom stereocenters. The van der Waals surface area contributed by atoms with Gasteiger partial charge in [-0.2, -0.15) is 0 Å². The van der Waals surface area contributed by atoms with E-state index in [1.807, 2.05) is 0 Å². The van der Waals surface area contributed by atoms with Crippen molar-refractivity contribution < 1.29 is 33.5 Å². The maximum absolute atomic E-state index is 12.3. The lowest BCUT2D eigenvalue weighted by Crippen LogP contribution is -2.36. The number of methoxy groups -OCH3 is 1. The van der Waals surface area contributed by atoms with E-state index in [0.717, 1.165) is 44.6 Å². The first-order chi connectivity index (χ1) is 14.1. The fraction of sp³-hybridized carbons (Fsp3) is 0.571. The van der Waals surface area contributed by atoms with E-state index in [-0.39, 0.29) is 23.1 Å². The fourth-order valence-corrected chi connectivity index (χ4v) is 3.73. The van der Waals surface area contributed by atoms with Gasteiger partial charge in [-0.1, -0.05) is 27.2 Å². The largest absolute Gasteiger partial charge is 0.465 e. The quantitative estimate of drug-likeness (QED) is 0.283. The van der Waals surface area contributed by atoms with E-state index in [2.05, 4.69) is 25.5 Å². The lowest BCUT2D eigenvalue weighted by molar-refractivity contribution is -0.384. The molecule has 0 aliphatic heterocycles. The molecule has 1 aliphatic carbocycles. The highest BCUT2D eigenvalue weighted by Crippen LogP contribution is 2.35. The molecular weight excluding hydrogens is 394 g/mol. The lowest BCUT2D eigenvalue weighted by atomic mass is 9.75. The Morgan fingerprint density at radius 1 is 1.13 bits per heavy atom. The van der Waals surface area contributed by atoms with Crippen LogP contribution in [0.5, 0.6) is 0 Å². The number of hydrogen-bond acceptors (Lipinski definition) is 8. The second-order valence-corrected chi connectivity index (χ2v) is 7.95. The molecule has 9 nitrogen and oxygen atoms in total. The Kier molecular flexibility index (Phi) is 7.91. The maximum atomic E-state index is 12.3. The van der Waals surface area contributed by atoms with Crippen molar-refractivity contribution in [1.29, 1.82) is 0 Å². The average molecular weight is 421 g/mol. The molecule has 0 heterocycles. The maximum Gasteiger partial charge on any atom is 0.344 e. The second-order valence-electron chi connectivity index (χ2n) is 7.95. The summed E-state index contributed by atoms with van der Waals surface area (Å²) < 4.78 is 15.1. The van der Waals surface area contributed by atoms with Crippen molar-refractivity contribution in [3.63, 3.8) is 0 Å². The Morgan fingerprint density at radius 3 is 2.33 bits per heavy atom. The lowest BCUT2D eigenvalue weighted by Gasteiger charge is -2.36. The molecule has 9 heteroatoms. The normalized spacial score (nSPS) is 21.0. The summed E-state index contributed by atoms with van der Waals surface area (Å²) in [6, 6.07) is 3.08. The molecule has 1 saturated carbocycles. The van der Waals surface area contributed by atoms with Gasteiger partial charge in [-0.25, -0.2) is 14.4 Å². The van der Waals surface area contributed by atoms with Gasteiger partial charge in [0.1, 0.15) is 6.10 Å². The minimum atomic E-state index is -0.974. The van der Waals surface area contributed by atoms with Crippen LogP contribution >= 0.6 is 0 Å². The van der Waals surface area contributed by atoms with Crippen molar-refractivity contribution in [3.05, 3.63) is 39.4 Å². The number of esters is 3. The van der Waals surface area contributed by atoms with Crippen LogP contribution in [0.3, 0.4) is 0 Å². The first-order valence-corrected chi connectivity index (χ1v) is 9.86. The van der Waals surface area contributed by atoms with Gasteiger partial charge in [0.25, 0.3) is 5.69 Å². The minimum Gasteiger partial charge on any atom is -0.465 e. The number of carbonyl (C=O) groups excluding carboxylic acids is 3. The van der Waals surface area contributed by atoms with Gasteiger partial charge in [0.2, 0.25) is 0 Å². The third kappa shape index (κ3) is 6.01. The van der Waals surface area contributed by atoms with Crippen molar-refractivity contribution in [2.24, 2.45) is 17.8 Å². The number of nitro groups is 1. The number of hydrogen-bond donors (Lipinski definition) is 0. The highest BCUT2D eigenvalue weighted by Gasteiger charge is 2.33. The van der Waals surface area contributed by atoms with Gasteiger partial charge in [-0.3, -0.25) is 10.1 Å². The monoisotopic (exact) mass is 421 g/mol. The molecule has 164 valence electrons. The van der Waals surface area contributed by atoms with Crippen molar-refractivity contribution in [1.82, 2.24) is 0 Å². The molecule has 0 spiro atoms. The molecule has 0 radical (unpaired) electrons. The van der Waals surface area contributed by atoms with E-state index in [0.29, 0.717) is 11.8 Å². The predicted molar refractivity (Wildman–Crippen MR) is 106 cm³/mol. The first kappa shape index (κ1) is 23.3. The molecule has 0 saturated heterocycles. The summed E-state index contributed by atoms with van der Waals surface area (Å²) in [6.45, 7) is 5.66. The summed E-state index contributed by atoms with van der Waals surface area (Å²) in [5.74, 6) is -1.43. The Morgan fingerprint density at radius 2 is 1.77 bits per heavy atom. The van der Waals surface area contributed by atoms with Crippen LogP contribution in [-0.4, -0.2) is 42.7 Å². The van der Waals surface area contributed by atoms with Crippen LogP contribution in [-0.2, 0) is 19.0 Å². The van der Waals surface area contributed by atoms with Crippen LogP contribution in [0, 0.1) is 27.9 Å². The zero-order valence-corrected chi connectivity index (χ0v) is 17.6. The highest BCUT2D eigenvalue weighted by molar-refractivity contribution is 5.97. The Balaban J connectivity index is 2.04. The van der Waals surface area contributed by atoms with E-state index >= 15 is 0 Å². The van der Waals surface area contributed by atoms with Crippen molar-refractivity contribution >= 4 is 23.6 Å². The highest BCUT2D eigenvalue weighted by atomic mass is 16.6. The van der Waals surface area contributed by atoms with E-state index in [4.69, 9.17) is 9.47 Å². The number of benzene rings is 1. The molecule has 1 fully saturated rings. The summed E-state index contributed by atoms with van der Waals surface area (Å²) in [5.41, 5.74) is -0.871. The first-order valence-electron chi connectivity index (χ1n) is 9.86. The van der Waals surface area contributed by atoms with Crippen molar-refractivity contribution in [2.75, 3.05) is 13.7 Å². The van der Waals surface area contributed by atoms with Crippen LogP contribution in [0.2, 0.25) is 0 Å². The molecule has 2 rings (SSSR count). The number of carbonyl (C=O) groups is 3. The molecule has 1 aromatic carbocycles. The summed E-state index contributed by atoms with van der Waals surface area (Å²) in [7, 11) is 1.12. The number of nitrogens with zero attached hydrogens (tertiary/aromatic N) is 1. The zero-order valence-electron chi connectivity index (χ0n) is 17.6. The minimum absolute atomic E-state index is 0.169. The van der Waals surface area contributed by atoms with Crippen LogP contribution in [0.15, 0.2) is 18.2 Å². The molecule has 3 atom stereocenters. The zero-order chi connectivity index (χ0) is 22.4. The standard InChI is InChI=1S/C21H27NO8/c1-12(2)17-6-5-13(3)7-18(17)30-19(23)11-29-21(25)15-8-14(20(24)28-4)9-16(10-15)22(26)27/h8-10,12-13,17-18H,5-7,11H2,1-4H3/t13-,17-,18-/m1/s1. The van der Waals surface area contributed by atoms with Crippen LogP contribution in [0.4, 0.5) is 5.69 Å². The van der Waals surface area contributed by atoms with E-state index in [9.17, 15) is 24.5 Å². The molecule has 0 aromatic heterocycles. The topological polar surface area (TPSA) is 122 Å². The summed E-state index contributed by atoms with van der Waals surface area (Å²) >= 11 is 0. The molecule has 1 aromatic rings. The summed E-state index contributed by atoms with van der Waals surface area (Å²) in [5, 5.41) is 11.1. The SMILES string of the molecule is COC(=O)c1cc(C(=O)OCC(=O)O[C@@H]2C[C@H](C)CC[C@@H]2C(C)C)cc([N+](=O)[O-])c1. The number of ether oxygens (including phenoxy) is 3. The van der Waals surface area contributed by atoms with Gasteiger partial charge in [0.15, 0.2) is 6.61 Å². The Bertz CT molecular complexity index is 819. The van der Waals surface area contributed by atoms with E-state index in [1.54, 1.807) is 0 Å². The summed E-state index contributed by atoms with van der Waals surface area (Å²) in [4.78, 5) is 46.6.